The van der Waals surface area contributed by atoms with E-state index in [1.165, 1.54) is 4.57 Å². The molecule has 5 nitrogen and oxygen atoms in total. The van der Waals surface area contributed by atoms with Crippen LogP contribution in [0, 0.1) is 0 Å². The quantitative estimate of drug-likeness (QED) is 0.845. The van der Waals surface area contributed by atoms with E-state index in [1.54, 1.807) is 25.5 Å². The molecule has 0 aliphatic rings. The van der Waals surface area contributed by atoms with Crippen molar-refractivity contribution in [2.45, 2.75) is 19.5 Å². The van der Waals surface area contributed by atoms with Crippen LogP contribution in [-0.4, -0.2) is 14.1 Å². The Kier molecular flexibility index (Phi) is 3.10. The highest BCUT2D eigenvalue weighted by atomic mass is 16.1. The maximum Gasteiger partial charge on any atom is 0.250 e. The molecule has 2 N–H and O–H groups in total. The summed E-state index contributed by atoms with van der Waals surface area (Å²) in [5.74, 6) is 0.778. The van der Waals surface area contributed by atoms with E-state index in [2.05, 4.69) is 4.98 Å². The number of nitrogens with zero attached hydrogens (tertiary/aromatic N) is 3. The molecule has 1 atom stereocenters. The molecule has 0 saturated carbocycles. The van der Waals surface area contributed by atoms with Crippen LogP contribution in [-0.2, 0) is 13.6 Å². The van der Waals surface area contributed by atoms with Gasteiger partial charge in [-0.2, -0.15) is 0 Å². The van der Waals surface area contributed by atoms with Crippen LogP contribution in [0.25, 0.3) is 0 Å². The maximum absolute atomic E-state index is 11.5. The molecular weight excluding hydrogens is 216 g/mol. The zero-order valence-electron chi connectivity index (χ0n) is 10.00. The lowest BCUT2D eigenvalue weighted by atomic mass is 10.1. The van der Waals surface area contributed by atoms with Gasteiger partial charge in [-0.1, -0.05) is 0 Å². The van der Waals surface area contributed by atoms with E-state index in [-0.39, 0.29) is 11.6 Å². The van der Waals surface area contributed by atoms with Gasteiger partial charge in [-0.3, -0.25) is 4.79 Å². The molecule has 0 amide bonds. The van der Waals surface area contributed by atoms with Crippen LogP contribution in [0.1, 0.15) is 24.4 Å². The molecule has 5 heteroatoms. The highest BCUT2D eigenvalue weighted by molar-refractivity contribution is 5.22. The maximum atomic E-state index is 11.5. The lowest BCUT2D eigenvalue weighted by Crippen LogP contribution is -2.22. The zero-order chi connectivity index (χ0) is 12.4. The molecule has 2 heterocycles. The molecule has 2 rings (SSSR count). The normalized spacial score (nSPS) is 12.6. The third-order valence-corrected chi connectivity index (χ3v) is 2.85. The number of nitrogens with two attached hydrogens (primary N) is 1. The van der Waals surface area contributed by atoms with Gasteiger partial charge in [0.15, 0.2) is 0 Å². The topological polar surface area (TPSA) is 65.8 Å². The largest absolute Gasteiger partial charge is 0.334 e. The molecule has 0 saturated heterocycles. The van der Waals surface area contributed by atoms with Crippen molar-refractivity contribution in [1.29, 1.82) is 0 Å². The molecule has 0 aliphatic heterocycles. The third-order valence-electron chi connectivity index (χ3n) is 2.85. The van der Waals surface area contributed by atoms with E-state index in [4.69, 9.17) is 5.73 Å². The first-order valence-electron chi connectivity index (χ1n) is 5.56. The fraction of sp³-hybridized carbons (Fsp3) is 0.333. The van der Waals surface area contributed by atoms with Crippen molar-refractivity contribution >= 4 is 0 Å². The van der Waals surface area contributed by atoms with Crippen molar-refractivity contribution in [1.82, 2.24) is 14.1 Å². The van der Waals surface area contributed by atoms with Crippen LogP contribution in [0.15, 0.2) is 35.5 Å². The Bertz CT molecular complexity index is 570. The second-order valence-electron chi connectivity index (χ2n) is 3.96. The first-order valence-corrected chi connectivity index (χ1v) is 5.56. The summed E-state index contributed by atoms with van der Waals surface area (Å²) in [6.07, 6.45) is 5.33. The summed E-state index contributed by atoms with van der Waals surface area (Å²) in [5, 5.41) is 0. The van der Waals surface area contributed by atoms with Gasteiger partial charge in [0.2, 0.25) is 0 Å². The average molecular weight is 232 g/mol. The Balaban J connectivity index is 2.40. The van der Waals surface area contributed by atoms with Crippen molar-refractivity contribution in [3.8, 4) is 0 Å². The molecule has 0 aromatic carbocycles. The van der Waals surface area contributed by atoms with Crippen LogP contribution in [0.5, 0.6) is 0 Å². The molecule has 2 aromatic rings. The SMILES string of the molecule is CCn1ccnc1C(N)c1ccn(C)c(=O)c1. The number of aryl methyl sites for hydroxylation is 2. The molecule has 0 spiro atoms. The van der Waals surface area contributed by atoms with Crippen molar-refractivity contribution in [2.75, 3.05) is 0 Å². The Morgan fingerprint density at radius 2 is 2.24 bits per heavy atom. The van der Waals surface area contributed by atoms with Crippen molar-refractivity contribution < 1.29 is 0 Å². The molecule has 0 aliphatic carbocycles. The Hall–Kier alpha value is -1.88. The van der Waals surface area contributed by atoms with Crippen LogP contribution in [0.3, 0.4) is 0 Å². The molecule has 17 heavy (non-hydrogen) atoms. The fourth-order valence-corrected chi connectivity index (χ4v) is 1.77. The summed E-state index contributed by atoms with van der Waals surface area (Å²) >= 11 is 0. The minimum Gasteiger partial charge on any atom is -0.334 e. The summed E-state index contributed by atoms with van der Waals surface area (Å²) in [5.41, 5.74) is 6.85. The standard InChI is InChI=1S/C12H16N4O/c1-3-16-7-5-14-12(16)11(13)9-4-6-15(2)10(17)8-9/h4-8,11H,3,13H2,1-2H3. The minimum atomic E-state index is -0.362. The first kappa shape index (κ1) is 11.6. The van der Waals surface area contributed by atoms with E-state index in [1.807, 2.05) is 23.8 Å². The van der Waals surface area contributed by atoms with E-state index in [0.29, 0.717) is 0 Å². The van der Waals surface area contributed by atoms with E-state index < -0.39 is 0 Å². The Morgan fingerprint density at radius 1 is 1.47 bits per heavy atom. The fourth-order valence-electron chi connectivity index (χ4n) is 1.77. The van der Waals surface area contributed by atoms with Gasteiger partial charge in [0.1, 0.15) is 5.82 Å². The minimum absolute atomic E-state index is 0.0624. The molecule has 2 aromatic heterocycles. The van der Waals surface area contributed by atoms with Gasteiger partial charge in [-0.15, -0.1) is 0 Å². The van der Waals surface area contributed by atoms with Gasteiger partial charge < -0.3 is 14.9 Å². The number of rotatable bonds is 3. The van der Waals surface area contributed by atoms with Gasteiger partial charge in [-0.25, -0.2) is 4.98 Å². The van der Waals surface area contributed by atoms with Crippen LogP contribution in [0.2, 0.25) is 0 Å². The van der Waals surface area contributed by atoms with E-state index >= 15 is 0 Å². The van der Waals surface area contributed by atoms with Gasteiger partial charge in [-0.05, 0) is 18.6 Å². The zero-order valence-corrected chi connectivity index (χ0v) is 10.00. The van der Waals surface area contributed by atoms with Crippen LogP contribution >= 0.6 is 0 Å². The predicted octanol–water partition coefficient (Wildman–Crippen LogP) is 0.650. The van der Waals surface area contributed by atoms with Crippen molar-refractivity contribution in [3.63, 3.8) is 0 Å². The predicted molar refractivity (Wildman–Crippen MR) is 65.6 cm³/mol. The van der Waals surface area contributed by atoms with Crippen molar-refractivity contribution in [2.24, 2.45) is 12.8 Å². The summed E-state index contributed by atoms with van der Waals surface area (Å²) in [6, 6.07) is 3.04. The Morgan fingerprint density at radius 3 is 2.88 bits per heavy atom. The van der Waals surface area contributed by atoms with Crippen LogP contribution < -0.4 is 11.3 Å². The molecule has 1 unspecified atom stereocenters. The summed E-state index contributed by atoms with van der Waals surface area (Å²) in [4.78, 5) is 15.8. The first-order chi connectivity index (χ1) is 8.13. The lowest BCUT2D eigenvalue weighted by Gasteiger charge is -2.13. The number of imidazole rings is 1. The Labute approximate surface area is 99.5 Å². The monoisotopic (exact) mass is 232 g/mol. The molecule has 0 bridgehead atoms. The highest BCUT2D eigenvalue weighted by Crippen LogP contribution is 2.16. The molecule has 90 valence electrons. The van der Waals surface area contributed by atoms with Gasteiger partial charge in [0, 0.05) is 38.2 Å². The molecular formula is C12H16N4O. The summed E-state index contributed by atoms with van der Waals surface area (Å²) < 4.78 is 3.49. The van der Waals surface area contributed by atoms with Gasteiger partial charge in [0.25, 0.3) is 5.56 Å². The number of pyridine rings is 1. The smallest absolute Gasteiger partial charge is 0.250 e. The van der Waals surface area contributed by atoms with Gasteiger partial charge in [0.05, 0.1) is 6.04 Å². The van der Waals surface area contributed by atoms with E-state index in [9.17, 15) is 4.79 Å². The third kappa shape index (κ3) is 2.14. The number of hydrogen-bond acceptors (Lipinski definition) is 3. The lowest BCUT2D eigenvalue weighted by molar-refractivity contribution is 0.654. The number of hydrogen-bond donors (Lipinski definition) is 1. The second-order valence-corrected chi connectivity index (χ2v) is 3.96. The van der Waals surface area contributed by atoms with Gasteiger partial charge >= 0.3 is 0 Å². The number of aromatic nitrogens is 3. The van der Waals surface area contributed by atoms with Crippen molar-refractivity contribution in [3.05, 3.63) is 52.5 Å². The molecule has 0 fully saturated rings. The summed E-state index contributed by atoms with van der Waals surface area (Å²) in [6.45, 7) is 2.84. The summed E-state index contributed by atoms with van der Waals surface area (Å²) in [7, 11) is 1.71. The van der Waals surface area contributed by atoms with E-state index in [0.717, 1.165) is 17.9 Å². The molecule has 0 radical (unpaired) electrons. The second kappa shape index (κ2) is 4.55. The highest BCUT2D eigenvalue weighted by Gasteiger charge is 2.14. The van der Waals surface area contributed by atoms with Crippen LogP contribution in [0.4, 0.5) is 0 Å². The average Bonchev–Trinajstić information content (AvgIpc) is 2.80.